The van der Waals surface area contributed by atoms with Gasteiger partial charge in [-0.25, -0.2) is 4.99 Å². The molecule has 0 fully saturated rings. The van der Waals surface area contributed by atoms with Gasteiger partial charge in [-0.1, -0.05) is 41.9 Å². The highest BCUT2D eigenvalue weighted by Gasteiger charge is 2.37. The molecule has 0 saturated carbocycles. The monoisotopic (exact) mass is 460 g/mol. The molecule has 0 saturated heterocycles. The number of halogens is 1. The van der Waals surface area contributed by atoms with Gasteiger partial charge in [-0.2, -0.15) is 0 Å². The fourth-order valence-corrected chi connectivity index (χ4v) is 4.54. The zero-order valence-electron chi connectivity index (χ0n) is 17.8. The molecule has 8 heteroatoms. The molecular formula is C25H21ClN4O3. The second-order valence-electron chi connectivity index (χ2n) is 7.92. The summed E-state index contributed by atoms with van der Waals surface area (Å²) < 4.78 is 5.21. The zero-order valence-corrected chi connectivity index (χ0v) is 18.6. The Morgan fingerprint density at radius 1 is 1.18 bits per heavy atom. The maximum absolute atomic E-state index is 13.5. The zero-order chi connectivity index (χ0) is 23.1. The maximum atomic E-state index is 13.5. The van der Waals surface area contributed by atoms with Gasteiger partial charge in [0.05, 0.1) is 18.5 Å². The lowest BCUT2D eigenvalue weighted by atomic mass is 9.97. The summed E-state index contributed by atoms with van der Waals surface area (Å²) >= 11 is 6.13. The van der Waals surface area contributed by atoms with Crippen molar-refractivity contribution in [1.82, 2.24) is 5.32 Å². The number of methoxy groups -OCH3 is 1. The molecule has 3 N–H and O–H groups in total. The van der Waals surface area contributed by atoms with E-state index >= 15 is 0 Å². The Morgan fingerprint density at radius 2 is 1.97 bits per heavy atom. The number of aliphatic imine (C=N–C) groups is 1. The first-order chi connectivity index (χ1) is 15.9. The molecule has 2 heterocycles. The number of benzene rings is 3. The minimum Gasteiger partial charge on any atom is -0.497 e. The largest absolute Gasteiger partial charge is 0.497 e. The molecule has 3 aromatic rings. The summed E-state index contributed by atoms with van der Waals surface area (Å²) in [5, 5.41) is 3.13. The lowest BCUT2D eigenvalue weighted by Crippen LogP contribution is -2.47. The van der Waals surface area contributed by atoms with Crippen LogP contribution in [0.3, 0.4) is 0 Å². The molecule has 0 aromatic heterocycles. The number of nitrogen functional groups attached to an aromatic ring is 1. The minimum atomic E-state index is -1.11. The Balaban J connectivity index is 1.60. The van der Waals surface area contributed by atoms with Crippen LogP contribution < -0.4 is 20.7 Å². The van der Waals surface area contributed by atoms with Crippen molar-refractivity contribution in [2.45, 2.75) is 12.6 Å². The third-order valence-corrected chi connectivity index (χ3v) is 6.00. The lowest BCUT2D eigenvalue weighted by Gasteiger charge is -2.21. The van der Waals surface area contributed by atoms with Crippen molar-refractivity contribution in [3.05, 3.63) is 87.9 Å². The van der Waals surface area contributed by atoms with Gasteiger partial charge >= 0.3 is 0 Å². The molecule has 0 radical (unpaired) electrons. The van der Waals surface area contributed by atoms with Gasteiger partial charge in [0.1, 0.15) is 5.75 Å². The number of amides is 2. The van der Waals surface area contributed by atoms with Crippen LogP contribution in [-0.4, -0.2) is 37.3 Å². The summed E-state index contributed by atoms with van der Waals surface area (Å²) in [6.45, 7) is 0.500. The van der Waals surface area contributed by atoms with Crippen LogP contribution in [0.15, 0.2) is 65.7 Å². The molecule has 0 spiro atoms. The Labute approximate surface area is 195 Å². The second-order valence-corrected chi connectivity index (χ2v) is 8.35. The highest BCUT2D eigenvalue weighted by molar-refractivity contribution is 6.31. The number of hydrogen-bond acceptors (Lipinski definition) is 5. The molecule has 5 rings (SSSR count). The van der Waals surface area contributed by atoms with Gasteiger partial charge < -0.3 is 20.7 Å². The van der Waals surface area contributed by atoms with Crippen LogP contribution in [-0.2, 0) is 11.2 Å². The SMILES string of the molecule is COc1cc(Cl)cc(C(=O)NC2N=C(c3ccccc3)c3cc(N)cc4c3N(CC4)C2=O)c1. The van der Waals surface area contributed by atoms with Gasteiger partial charge in [-0.15, -0.1) is 0 Å². The van der Waals surface area contributed by atoms with Crippen molar-refractivity contribution in [1.29, 1.82) is 0 Å². The van der Waals surface area contributed by atoms with E-state index in [2.05, 4.69) is 5.32 Å². The van der Waals surface area contributed by atoms with Crippen LogP contribution in [0.1, 0.15) is 27.0 Å². The van der Waals surface area contributed by atoms with E-state index in [9.17, 15) is 9.59 Å². The number of ether oxygens (including phenoxy) is 1. The van der Waals surface area contributed by atoms with Crippen LogP contribution in [0, 0.1) is 0 Å². The van der Waals surface area contributed by atoms with Crippen LogP contribution in [0.4, 0.5) is 11.4 Å². The molecule has 2 amide bonds. The van der Waals surface area contributed by atoms with Gasteiger partial charge in [0.25, 0.3) is 11.8 Å². The van der Waals surface area contributed by atoms with Crippen molar-refractivity contribution in [2.75, 3.05) is 24.3 Å². The standard InChI is InChI=1S/C25H21ClN4O3/c1-33-19-11-16(9-17(26)12-19)24(31)29-23-25(32)30-8-7-15-10-18(27)13-20(22(15)30)21(28-23)14-5-3-2-4-6-14/h2-6,9-13,23H,7-8,27H2,1H3,(H,29,31). The number of rotatable bonds is 4. The van der Waals surface area contributed by atoms with Crippen molar-refractivity contribution in [2.24, 2.45) is 4.99 Å². The summed E-state index contributed by atoms with van der Waals surface area (Å²) in [4.78, 5) is 33.0. The topological polar surface area (TPSA) is 97.0 Å². The number of carbonyl (C=O) groups is 2. The molecule has 0 bridgehead atoms. The molecule has 1 atom stereocenters. The molecule has 7 nitrogen and oxygen atoms in total. The van der Waals surface area contributed by atoms with E-state index in [1.165, 1.54) is 13.2 Å². The maximum Gasteiger partial charge on any atom is 0.272 e. The van der Waals surface area contributed by atoms with E-state index in [1.54, 1.807) is 17.0 Å². The first-order valence-corrected chi connectivity index (χ1v) is 10.8. The smallest absolute Gasteiger partial charge is 0.272 e. The van der Waals surface area contributed by atoms with E-state index in [0.717, 1.165) is 22.4 Å². The van der Waals surface area contributed by atoms with Gasteiger partial charge in [-0.3, -0.25) is 9.59 Å². The fraction of sp³-hybridized carbons (Fsp3) is 0.160. The highest BCUT2D eigenvalue weighted by Crippen LogP contribution is 2.38. The van der Waals surface area contributed by atoms with Crippen molar-refractivity contribution >= 4 is 40.5 Å². The molecule has 2 aliphatic rings. The number of nitrogens with zero attached hydrogens (tertiary/aromatic N) is 2. The quantitative estimate of drug-likeness (QED) is 0.583. The van der Waals surface area contributed by atoms with E-state index in [1.807, 2.05) is 42.5 Å². The fourth-order valence-electron chi connectivity index (χ4n) is 4.31. The van der Waals surface area contributed by atoms with Crippen molar-refractivity contribution in [3.63, 3.8) is 0 Å². The predicted octanol–water partition coefficient (Wildman–Crippen LogP) is 3.43. The Bertz CT molecular complexity index is 1310. The van der Waals surface area contributed by atoms with Crippen LogP contribution >= 0.6 is 11.6 Å². The highest BCUT2D eigenvalue weighted by atomic mass is 35.5. The Morgan fingerprint density at radius 3 is 2.73 bits per heavy atom. The summed E-state index contributed by atoms with van der Waals surface area (Å²) in [7, 11) is 1.49. The molecule has 33 heavy (non-hydrogen) atoms. The first kappa shape index (κ1) is 21.0. The normalized spacial score (nSPS) is 16.7. The average Bonchev–Trinajstić information content (AvgIpc) is 3.20. The predicted molar refractivity (Wildman–Crippen MR) is 128 cm³/mol. The van der Waals surface area contributed by atoms with E-state index in [4.69, 9.17) is 27.1 Å². The molecule has 1 unspecified atom stereocenters. The van der Waals surface area contributed by atoms with E-state index < -0.39 is 12.1 Å². The third kappa shape index (κ3) is 3.81. The number of anilines is 2. The number of carbonyl (C=O) groups excluding carboxylic acids is 2. The van der Waals surface area contributed by atoms with E-state index in [-0.39, 0.29) is 11.5 Å². The van der Waals surface area contributed by atoms with Gasteiger partial charge in [0.2, 0.25) is 6.17 Å². The van der Waals surface area contributed by atoms with Gasteiger partial charge in [-0.05, 0) is 42.3 Å². The van der Waals surface area contributed by atoms with Crippen LogP contribution in [0.25, 0.3) is 0 Å². The van der Waals surface area contributed by atoms with E-state index in [0.29, 0.717) is 35.1 Å². The molecule has 166 valence electrons. The van der Waals surface area contributed by atoms with Crippen LogP contribution in [0.5, 0.6) is 5.75 Å². The Hall–Kier alpha value is -3.84. The molecular weight excluding hydrogens is 440 g/mol. The molecule has 0 aliphatic carbocycles. The van der Waals surface area contributed by atoms with Gasteiger partial charge in [0, 0.05) is 33.9 Å². The van der Waals surface area contributed by atoms with Crippen molar-refractivity contribution in [3.8, 4) is 5.75 Å². The average molecular weight is 461 g/mol. The number of hydrogen-bond donors (Lipinski definition) is 2. The minimum absolute atomic E-state index is 0.275. The van der Waals surface area contributed by atoms with Crippen molar-refractivity contribution < 1.29 is 14.3 Å². The first-order valence-electron chi connectivity index (χ1n) is 10.5. The molecule has 3 aromatic carbocycles. The number of nitrogens with one attached hydrogen (secondary N) is 1. The second kappa shape index (κ2) is 8.26. The summed E-state index contributed by atoms with van der Waals surface area (Å²) in [6.07, 6.45) is -0.426. The third-order valence-electron chi connectivity index (χ3n) is 5.78. The summed E-state index contributed by atoms with van der Waals surface area (Å²) in [5.74, 6) is -0.330. The molecule has 2 aliphatic heterocycles. The summed E-state index contributed by atoms with van der Waals surface area (Å²) in [5.41, 5.74) is 11.1. The van der Waals surface area contributed by atoms with Gasteiger partial charge in [0.15, 0.2) is 0 Å². The Kier molecular flexibility index (Phi) is 5.26. The lowest BCUT2D eigenvalue weighted by molar-refractivity contribution is -0.120. The van der Waals surface area contributed by atoms with Crippen LogP contribution in [0.2, 0.25) is 5.02 Å². The summed E-state index contributed by atoms with van der Waals surface area (Å²) in [6, 6.07) is 18.0. The number of nitrogens with two attached hydrogens (primary N) is 1.